The normalized spacial score (nSPS) is 10.3. The maximum atomic E-state index is 10.7. The van der Waals surface area contributed by atoms with Crippen LogP contribution >= 0.6 is 0 Å². The van der Waals surface area contributed by atoms with Crippen LogP contribution in [0.3, 0.4) is 0 Å². The predicted octanol–water partition coefficient (Wildman–Crippen LogP) is 3.73. The van der Waals surface area contributed by atoms with E-state index in [0.717, 1.165) is 11.3 Å². The van der Waals surface area contributed by atoms with Crippen LogP contribution in [0.1, 0.15) is 0 Å². The molecule has 3 rings (SSSR count). The first-order valence-corrected chi connectivity index (χ1v) is 6.90. The number of aromatic nitrogens is 2. The van der Waals surface area contributed by atoms with Crippen LogP contribution in [0.15, 0.2) is 60.7 Å². The summed E-state index contributed by atoms with van der Waals surface area (Å²) in [6.07, 6.45) is 0. The summed E-state index contributed by atoms with van der Waals surface area (Å²) in [6, 6.07) is 17.5. The smallest absolute Gasteiger partial charge is 0.269 e. The Hall–Kier alpha value is -3.28. The van der Waals surface area contributed by atoms with Gasteiger partial charge in [0.25, 0.3) is 5.69 Å². The molecule has 0 aliphatic heterocycles. The number of non-ortho nitro benzene ring substituents is 1. The molecule has 0 radical (unpaired) electrons. The Morgan fingerprint density at radius 1 is 0.957 bits per heavy atom. The number of hydrogen-bond acceptors (Lipinski definition) is 5. The van der Waals surface area contributed by atoms with E-state index in [-0.39, 0.29) is 5.69 Å². The van der Waals surface area contributed by atoms with Crippen molar-refractivity contribution in [3.63, 3.8) is 0 Å². The van der Waals surface area contributed by atoms with Crippen molar-refractivity contribution in [2.24, 2.45) is 0 Å². The molecule has 0 amide bonds. The average Bonchev–Trinajstić information content (AvgIpc) is 2.62. The molecular weight excluding hydrogens is 294 g/mol. The number of benzene rings is 2. The second-order valence-corrected chi connectivity index (χ2v) is 4.79. The summed E-state index contributed by atoms with van der Waals surface area (Å²) in [4.78, 5) is 19.2. The van der Waals surface area contributed by atoms with Crippen LogP contribution in [-0.2, 0) is 0 Å². The second-order valence-electron chi connectivity index (χ2n) is 4.79. The topological polar surface area (TPSA) is 78.2 Å². The van der Waals surface area contributed by atoms with Gasteiger partial charge in [0.1, 0.15) is 0 Å². The van der Waals surface area contributed by atoms with Gasteiger partial charge in [-0.25, -0.2) is 4.98 Å². The van der Waals surface area contributed by atoms with Gasteiger partial charge in [-0.05, 0) is 12.1 Å². The van der Waals surface area contributed by atoms with E-state index in [2.05, 4.69) is 9.97 Å². The first-order chi connectivity index (χ1) is 11.2. The molecule has 0 atom stereocenters. The summed E-state index contributed by atoms with van der Waals surface area (Å²) in [5.41, 5.74) is 2.38. The molecule has 114 valence electrons. The molecular formula is C17H13N3O3. The minimum Gasteiger partial charge on any atom is -0.481 e. The Bertz CT molecular complexity index is 833. The van der Waals surface area contributed by atoms with Crippen molar-refractivity contribution in [1.82, 2.24) is 9.97 Å². The molecule has 1 aromatic heterocycles. The number of ether oxygens (including phenoxy) is 1. The molecule has 0 bridgehead atoms. The second kappa shape index (κ2) is 6.23. The van der Waals surface area contributed by atoms with Gasteiger partial charge in [-0.15, -0.1) is 0 Å². The quantitative estimate of drug-likeness (QED) is 0.542. The summed E-state index contributed by atoms with van der Waals surface area (Å²) in [7, 11) is 1.54. The first kappa shape index (κ1) is 14.6. The van der Waals surface area contributed by atoms with Crippen molar-refractivity contribution in [2.45, 2.75) is 0 Å². The van der Waals surface area contributed by atoms with Crippen LogP contribution in [0.4, 0.5) is 5.69 Å². The lowest BCUT2D eigenvalue weighted by atomic mass is 10.1. The van der Waals surface area contributed by atoms with Crippen LogP contribution in [-0.4, -0.2) is 22.0 Å². The lowest BCUT2D eigenvalue weighted by molar-refractivity contribution is -0.384. The molecule has 23 heavy (non-hydrogen) atoms. The van der Waals surface area contributed by atoms with Crippen LogP contribution in [0.25, 0.3) is 22.6 Å². The zero-order chi connectivity index (χ0) is 16.2. The fraction of sp³-hybridized carbons (Fsp3) is 0.0588. The van der Waals surface area contributed by atoms with Gasteiger partial charge in [-0.3, -0.25) is 10.1 Å². The Morgan fingerprint density at radius 3 is 2.26 bits per heavy atom. The van der Waals surface area contributed by atoms with Crippen molar-refractivity contribution in [3.05, 3.63) is 70.8 Å². The number of hydrogen-bond donors (Lipinski definition) is 0. The van der Waals surface area contributed by atoms with Crippen molar-refractivity contribution in [2.75, 3.05) is 7.11 Å². The molecule has 2 aromatic carbocycles. The summed E-state index contributed by atoms with van der Waals surface area (Å²) < 4.78 is 5.24. The van der Waals surface area contributed by atoms with Crippen molar-refractivity contribution in [3.8, 4) is 28.5 Å². The summed E-state index contributed by atoms with van der Waals surface area (Å²) in [5, 5.41) is 10.7. The van der Waals surface area contributed by atoms with E-state index >= 15 is 0 Å². The molecule has 0 saturated heterocycles. The molecule has 1 heterocycles. The molecule has 3 aromatic rings. The first-order valence-electron chi connectivity index (χ1n) is 6.90. The molecule has 0 unspecified atom stereocenters. The van der Waals surface area contributed by atoms with Crippen molar-refractivity contribution >= 4 is 5.69 Å². The van der Waals surface area contributed by atoms with E-state index < -0.39 is 4.92 Å². The van der Waals surface area contributed by atoms with E-state index in [1.54, 1.807) is 18.2 Å². The number of methoxy groups -OCH3 is 1. The summed E-state index contributed by atoms with van der Waals surface area (Å²) in [5.74, 6) is 0.894. The van der Waals surface area contributed by atoms with Gasteiger partial charge in [0, 0.05) is 29.3 Å². The zero-order valence-electron chi connectivity index (χ0n) is 12.3. The molecule has 0 saturated carbocycles. The molecule has 6 heteroatoms. The highest BCUT2D eigenvalue weighted by molar-refractivity contribution is 5.65. The van der Waals surface area contributed by atoms with Gasteiger partial charge in [0.05, 0.1) is 17.7 Å². The van der Waals surface area contributed by atoms with Crippen LogP contribution in [0, 0.1) is 10.1 Å². The molecule has 0 aliphatic carbocycles. The Balaban J connectivity index is 2.07. The van der Waals surface area contributed by atoms with Crippen molar-refractivity contribution < 1.29 is 9.66 Å². The fourth-order valence-electron chi connectivity index (χ4n) is 2.15. The lowest BCUT2D eigenvalue weighted by Crippen LogP contribution is -1.96. The summed E-state index contributed by atoms with van der Waals surface area (Å²) >= 11 is 0. The van der Waals surface area contributed by atoms with Gasteiger partial charge in [-0.2, -0.15) is 4.98 Å². The van der Waals surface area contributed by atoms with E-state index in [0.29, 0.717) is 17.3 Å². The van der Waals surface area contributed by atoms with Crippen LogP contribution in [0.5, 0.6) is 5.88 Å². The minimum atomic E-state index is -0.439. The highest BCUT2D eigenvalue weighted by Crippen LogP contribution is 2.26. The van der Waals surface area contributed by atoms with E-state index in [9.17, 15) is 10.1 Å². The third-order valence-corrected chi connectivity index (χ3v) is 3.32. The maximum Gasteiger partial charge on any atom is 0.269 e. The van der Waals surface area contributed by atoms with Gasteiger partial charge >= 0.3 is 0 Å². The highest BCUT2D eigenvalue weighted by atomic mass is 16.6. The van der Waals surface area contributed by atoms with Crippen LogP contribution < -0.4 is 4.74 Å². The van der Waals surface area contributed by atoms with E-state index in [4.69, 9.17) is 4.74 Å². The fourth-order valence-corrected chi connectivity index (χ4v) is 2.15. The Morgan fingerprint density at radius 2 is 1.65 bits per heavy atom. The van der Waals surface area contributed by atoms with Crippen molar-refractivity contribution in [1.29, 1.82) is 0 Å². The maximum absolute atomic E-state index is 10.7. The Kier molecular flexibility index (Phi) is 3.97. The monoisotopic (exact) mass is 307 g/mol. The zero-order valence-corrected chi connectivity index (χ0v) is 12.3. The largest absolute Gasteiger partial charge is 0.481 e. The predicted molar refractivity (Wildman–Crippen MR) is 86.1 cm³/mol. The lowest BCUT2D eigenvalue weighted by Gasteiger charge is -2.07. The number of rotatable bonds is 4. The third-order valence-electron chi connectivity index (χ3n) is 3.32. The third kappa shape index (κ3) is 3.16. The Labute approximate surface area is 132 Å². The SMILES string of the molecule is COc1cc(-c2ccccc2)nc(-c2ccc([N+](=O)[O-])cc2)n1. The standard InChI is InChI=1S/C17H13N3O3/c1-23-16-11-15(12-5-3-2-4-6-12)18-17(19-16)13-7-9-14(10-8-13)20(21)22/h2-11H,1H3. The molecule has 0 aliphatic rings. The highest BCUT2D eigenvalue weighted by Gasteiger charge is 2.11. The number of nitrogens with zero attached hydrogens (tertiary/aromatic N) is 3. The van der Waals surface area contributed by atoms with Gasteiger partial charge in [-0.1, -0.05) is 30.3 Å². The average molecular weight is 307 g/mol. The molecule has 0 fully saturated rings. The van der Waals surface area contributed by atoms with Crippen LogP contribution in [0.2, 0.25) is 0 Å². The van der Waals surface area contributed by atoms with Gasteiger partial charge < -0.3 is 4.74 Å². The van der Waals surface area contributed by atoms with Gasteiger partial charge in [0.15, 0.2) is 5.82 Å². The number of nitro benzene ring substituents is 1. The summed E-state index contributed by atoms with van der Waals surface area (Å²) in [6.45, 7) is 0. The molecule has 0 spiro atoms. The molecule has 0 N–H and O–H groups in total. The van der Waals surface area contributed by atoms with E-state index in [1.165, 1.54) is 19.2 Å². The molecule has 6 nitrogen and oxygen atoms in total. The minimum absolute atomic E-state index is 0.0277. The van der Waals surface area contributed by atoms with Gasteiger partial charge in [0.2, 0.25) is 5.88 Å². The van der Waals surface area contributed by atoms with E-state index in [1.807, 2.05) is 30.3 Å². The number of nitro groups is 1.